The van der Waals surface area contributed by atoms with Gasteiger partial charge in [-0.2, -0.15) is 0 Å². The maximum atomic E-state index is 5.71. The number of furan rings is 2. The summed E-state index contributed by atoms with van der Waals surface area (Å²) in [6.45, 7) is 5.51. The Bertz CT molecular complexity index is 797. The van der Waals surface area contributed by atoms with Crippen molar-refractivity contribution in [3.05, 3.63) is 70.2 Å². The van der Waals surface area contributed by atoms with Crippen LogP contribution >= 0.6 is 35.3 Å². The third kappa shape index (κ3) is 7.06. The van der Waals surface area contributed by atoms with Crippen molar-refractivity contribution in [1.29, 1.82) is 0 Å². The molecule has 2 N–H and O–H groups in total. The van der Waals surface area contributed by atoms with E-state index in [9.17, 15) is 0 Å². The van der Waals surface area contributed by atoms with E-state index in [4.69, 9.17) is 13.8 Å². The summed E-state index contributed by atoms with van der Waals surface area (Å²) in [4.78, 5) is 6.06. The predicted octanol–water partition coefficient (Wildman–Crippen LogP) is 4.94. The summed E-state index contributed by atoms with van der Waals surface area (Å²) in [6, 6.07) is 12.1. The van der Waals surface area contributed by atoms with Crippen LogP contribution in [0.3, 0.4) is 0 Å². The van der Waals surface area contributed by atoms with Crippen molar-refractivity contribution in [2.24, 2.45) is 4.99 Å². The molecule has 3 aromatic rings. The lowest BCUT2D eigenvalue weighted by Crippen LogP contribution is -2.39. The van der Waals surface area contributed by atoms with Crippen molar-refractivity contribution in [3.8, 4) is 0 Å². The Morgan fingerprint density at radius 3 is 2.74 bits per heavy atom. The van der Waals surface area contributed by atoms with Crippen LogP contribution in [-0.2, 0) is 12.8 Å². The highest BCUT2D eigenvalue weighted by Gasteiger charge is 2.11. The zero-order valence-corrected chi connectivity index (χ0v) is 18.8. The van der Waals surface area contributed by atoms with Crippen molar-refractivity contribution in [3.63, 3.8) is 0 Å². The lowest BCUT2D eigenvalue weighted by Gasteiger charge is -2.16. The van der Waals surface area contributed by atoms with Gasteiger partial charge in [-0.1, -0.05) is 6.07 Å². The molecule has 0 saturated heterocycles. The van der Waals surface area contributed by atoms with Gasteiger partial charge >= 0.3 is 0 Å². The normalized spacial score (nSPS) is 12.4. The van der Waals surface area contributed by atoms with Crippen LogP contribution in [0.4, 0.5) is 0 Å². The molecule has 27 heavy (non-hydrogen) atoms. The summed E-state index contributed by atoms with van der Waals surface area (Å²) in [5.74, 6) is 3.57. The van der Waals surface area contributed by atoms with Crippen LogP contribution in [0.25, 0.3) is 0 Å². The molecule has 0 bridgehead atoms. The van der Waals surface area contributed by atoms with Gasteiger partial charge in [0.1, 0.15) is 17.3 Å². The molecular weight excluding hydrogens is 473 g/mol. The molecule has 0 aromatic carbocycles. The van der Waals surface area contributed by atoms with Crippen LogP contribution < -0.4 is 10.6 Å². The Morgan fingerprint density at radius 1 is 1.19 bits per heavy atom. The summed E-state index contributed by atoms with van der Waals surface area (Å²) >= 11 is 1.77. The maximum absolute atomic E-state index is 5.71. The molecule has 0 fully saturated rings. The largest absolute Gasteiger partial charge is 0.469 e. The number of thiophene rings is 1. The highest BCUT2D eigenvalue weighted by Crippen LogP contribution is 2.15. The zero-order valence-electron chi connectivity index (χ0n) is 15.6. The molecule has 146 valence electrons. The molecular formula is C20H26IN3O2S. The molecule has 1 unspecified atom stereocenters. The van der Waals surface area contributed by atoms with Gasteiger partial charge in [0.25, 0.3) is 0 Å². The van der Waals surface area contributed by atoms with Gasteiger partial charge in [0, 0.05) is 30.8 Å². The van der Waals surface area contributed by atoms with Gasteiger partial charge in [-0.05, 0) is 49.6 Å². The van der Waals surface area contributed by atoms with Crippen molar-refractivity contribution in [1.82, 2.24) is 10.6 Å². The van der Waals surface area contributed by atoms with Crippen molar-refractivity contribution < 1.29 is 8.83 Å². The van der Waals surface area contributed by atoms with E-state index in [1.165, 1.54) is 4.88 Å². The average Bonchev–Trinajstić information content (AvgIpc) is 3.37. The summed E-state index contributed by atoms with van der Waals surface area (Å²) in [7, 11) is 0. The van der Waals surface area contributed by atoms with E-state index in [0.717, 1.165) is 49.2 Å². The molecule has 0 aliphatic rings. The lowest BCUT2D eigenvalue weighted by atomic mass is 10.2. The fraction of sp³-hybridized carbons (Fsp3) is 0.350. The van der Waals surface area contributed by atoms with Crippen molar-refractivity contribution >= 4 is 41.3 Å². The molecule has 0 spiro atoms. The molecule has 0 aliphatic heterocycles. The van der Waals surface area contributed by atoms with Gasteiger partial charge < -0.3 is 19.5 Å². The van der Waals surface area contributed by atoms with E-state index < -0.39 is 0 Å². The first-order valence-corrected chi connectivity index (χ1v) is 9.74. The zero-order chi connectivity index (χ0) is 18.2. The van der Waals surface area contributed by atoms with Gasteiger partial charge in [0.2, 0.25) is 0 Å². The van der Waals surface area contributed by atoms with Crippen molar-refractivity contribution in [2.75, 3.05) is 13.1 Å². The van der Waals surface area contributed by atoms with Gasteiger partial charge in [-0.15, -0.1) is 35.3 Å². The van der Waals surface area contributed by atoms with Crippen molar-refractivity contribution in [2.45, 2.75) is 32.7 Å². The second-order valence-electron chi connectivity index (χ2n) is 6.13. The number of nitrogens with one attached hydrogen (secondary N) is 2. The number of aryl methyl sites for hydroxylation is 1. The Labute approximate surface area is 181 Å². The molecule has 0 amide bonds. The molecule has 0 aliphatic carbocycles. The standard InChI is InChI=1S/C20H25N3O2S.HI/c1-15-7-8-19(25-15)16(2)23-20(21-11-9-17-5-3-13-24-17)22-12-10-18-6-4-14-26-18;/h3-8,13-14,16H,9-12H2,1-2H3,(H2,21,22,23);1H. The van der Waals surface area contributed by atoms with E-state index in [-0.39, 0.29) is 30.0 Å². The second kappa shape index (κ2) is 11.2. The topological polar surface area (TPSA) is 62.7 Å². The second-order valence-corrected chi connectivity index (χ2v) is 7.16. The average molecular weight is 499 g/mol. The highest BCUT2D eigenvalue weighted by molar-refractivity contribution is 14.0. The minimum absolute atomic E-state index is 0. The first-order chi connectivity index (χ1) is 12.7. The smallest absolute Gasteiger partial charge is 0.191 e. The molecule has 0 saturated carbocycles. The van der Waals surface area contributed by atoms with Crippen LogP contribution in [0.15, 0.2) is 61.9 Å². The lowest BCUT2D eigenvalue weighted by molar-refractivity contribution is 0.440. The number of aliphatic imine (C=N–C) groups is 1. The Hall–Kier alpha value is -1.74. The van der Waals surface area contributed by atoms with Gasteiger partial charge in [-0.25, -0.2) is 0 Å². The number of hydrogen-bond acceptors (Lipinski definition) is 4. The van der Waals surface area contributed by atoms with E-state index in [1.807, 2.05) is 31.2 Å². The Morgan fingerprint density at radius 2 is 2.07 bits per heavy atom. The highest BCUT2D eigenvalue weighted by atomic mass is 127. The minimum atomic E-state index is 0. The van der Waals surface area contributed by atoms with Crippen LogP contribution in [0, 0.1) is 6.92 Å². The fourth-order valence-corrected chi connectivity index (χ4v) is 3.30. The third-order valence-corrected chi connectivity index (χ3v) is 4.93. The third-order valence-electron chi connectivity index (χ3n) is 3.99. The summed E-state index contributed by atoms with van der Waals surface area (Å²) < 4.78 is 11.1. The Balaban J connectivity index is 0.00000261. The summed E-state index contributed by atoms with van der Waals surface area (Å²) in [5.41, 5.74) is 0. The minimum Gasteiger partial charge on any atom is -0.469 e. The maximum Gasteiger partial charge on any atom is 0.191 e. The molecule has 7 heteroatoms. The monoisotopic (exact) mass is 499 g/mol. The van der Waals surface area contributed by atoms with Crippen LogP contribution in [0.1, 0.15) is 35.1 Å². The SMILES string of the molecule is Cc1ccc(C(C)NC(=NCCc2cccs2)NCCc2ccco2)o1.I. The van der Waals surface area contributed by atoms with Crippen LogP contribution in [0.5, 0.6) is 0 Å². The van der Waals surface area contributed by atoms with Gasteiger partial charge in [0.15, 0.2) is 5.96 Å². The van der Waals surface area contributed by atoms with Crippen LogP contribution in [0.2, 0.25) is 0 Å². The fourth-order valence-electron chi connectivity index (χ4n) is 2.61. The predicted molar refractivity (Wildman–Crippen MR) is 121 cm³/mol. The molecule has 1 atom stereocenters. The number of halogens is 1. The summed E-state index contributed by atoms with van der Waals surface area (Å²) in [5, 5.41) is 8.91. The first-order valence-electron chi connectivity index (χ1n) is 8.86. The molecule has 3 aromatic heterocycles. The number of guanidine groups is 1. The van der Waals surface area contributed by atoms with E-state index in [1.54, 1.807) is 17.6 Å². The molecule has 0 radical (unpaired) electrons. The molecule has 3 rings (SSSR count). The van der Waals surface area contributed by atoms with E-state index in [0.29, 0.717) is 0 Å². The van der Waals surface area contributed by atoms with Gasteiger partial charge in [-0.3, -0.25) is 4.99 Å². The van der Waals surface area contributed by atoms with E-state index >= 15 is 0 Å². The quantitative estimate of drug-likeness (QED) is 0.262. The van der Waals surface area contributed by atoms with E-state index in [2.05, 4.69) is 35.1 Å². The number of nitrogens with zero attached hydrogens (tertiary/aromatic N) is 1. The van der Waals surface area contributed by atoms with Crippen LogP contribution in [-0.4, -0.2) is 19.0 Å². The Kier molecular flexibility index (Phi) is 8.93. The number of rotatable bonds is 8. The number of hydrogen-bond donors (Lipinski definition) is 2. The summed E-state index contributed by atoms with van der Waals surface area (Å²) in [6.07, 6.45) is 3.45. The van der Waals surface area contributed by atoms with Gasteiger partial charge in [0.05, 0.1) is 12.3 Å². The molecule has 3 heterocycles. The first kappa shape index (κ1) is 21.6. The molecule has 5 nitrogen and oxygen atoms in total.